The zero-order valence-electron chi connectivity index (χ0n) is 6.01. The summed E-state index contributed by atoms with van der Waals surface area (Å²) >= 11 is 1.47. The van der Waals surface area contributed by atoms with Crippen LogP contribution < -0.4 is 0 Å². The van der Waals surface area contributed by atoms with Crippen LogP contribution >= 0.6 is 11.8 Å². The molecule has 0 amide bonds. The maximum absolute atomic E-state index is 4.09. The maximum atomic E-state index is 4.09. The summed E-state index contributed by atoms with van der Waals surface area (Å²) in [6.07, 6.45) is 0. The molecule has 3 nitrogen and oxygen atoms in total. The van der Waals surface area contributed by atoms with E-state index in [1.54, 1.807) is 0 Å². The first-order valence-corrected chi connectivity index (χ1v) is 3.72. The largest absolute Gasteiger partial charge is 0.262 e. The Bertz CT molecular complexity index is 241. The van der Waals surface area contributed by atoms with Crippen LogP contribution in [0.3, 0.4) is 0 Å². The monoisotopic (exact) mass is 155 g/mol. The van der Waals surface area contributed by atoms with E-state index in [2.05, 4.69) is 21.8 Å². The minimum atomic E-state index is 0.741. The van der Waals surface area contributed by atoms with E-state index in [1.807, 2.05) is 13.8 Å². The molecular formula is C6H9N3S. The first-order chi connectivity index (χ1) is 4.68. The lowest BCUT2D eigenvalue weighted by Crippen LogP contribution is -1.72. The quantitative estimate of drug-likeness (QED) is 0.661. The van der Waals surface area contributed by atoms with Crippen LogP contribution in [0.1, 0.15) is 12.7 Å². The second kappa shape index (κ2) is 2.88. The van der Waals surface area contributed by atoms with E-state index in [0.717, 1.165) is 15.9 Å². The summed E-state index contributed by atoms with van der Waals surface area (Å²) in [5, 5.41) is 7.41. The van der Waals surface area contributed by atoms with Gasteiger partial charge in [0.05, 0.1) is 0 Å². The van der Waals surface area contributed by atoms with Crippen LogP contribution in [0, 0.1) is 6.92 Å². The summed E-state index contributed by atoms with van der Waals surface area (Å²) < 4.78 is 0. The van der Waals surface area contributed by atoms with Crippen LogP contribution in [0.2, 0.25) is 0 Å². The normalized spacial score (nSPS) is 9.80. The fourth-order valence-corrected chi connectivity index (χ4v) is 1.11. The number of hydrogen-bond acceptors (Lipinski definition) is 3. The molecule has 4 heteroatoms. The number of hydrogen-bond donors (Lipinski definition) is 1. The van der Waals surface area contributed by atoms with Gasteiger partial charge in [0, 0.05) is 0 Å². The van der Waals surface area contributed by atoms with Gasteiger partial charge in [-0.2, -0.15) is 0 Å². The van der Waals surface area contributed by atoms with Crippen molar-refractivity contribution in [2.24, 2.45) is 0 Å². The molecule has 0 saturated heterocycles. The van der Waals surface area contributed by atoms with Gasteiger partial charge in [0.1, 0.15) is 5.82 Å². The lowest BCUT2D eigenvalue weighted by atomic mass is 10.8. The summed E-state index contributed by atoms with van der Waals surface area (Å²) in [5.41, 5.74) is 0. The highest BCUT2D eigenvalue weighted by atomic mass is 32.2. The molecule has 0 aliphatic carbocycles. The Morgan fingerprint density at radius 1 is 1.70 bits per heavy atom. The Hall–Kier alpha value is -0.770. The molecule has 0 aliphatic heterocycles. The van der Waals surface area contributed by atoms with E-state index in [0.29, 0.717) is 0 Å². The average Bonchev–Trinajstić information content (AvgIpc) is 2.13. The third-order valence-electron chi connectivity index (χ3n) is 0.842. The molecule has 0 aromatic carbocycles. The highest BCUT2D eigenvalue weighted by Crippen LogP contribution is 2.19. The zero-order valence-corrected chi connectivity index (χ0v) is 6.83. The van der Waals surface area contributed by atoms with Crippen molar-refractivity contribution in [1.82, 2.24) is 15.2 Å². The van der Waals surface area contributed by atoms with Gasteiger partial charge in [-0.05, 0) is 18.8 Å². The van der Waals surface area contributed by atoms with Gasteiger partial charge in [0.15, 0.2) is 0 Å². The average molecular weight is 155 g/mol. The Morgan fingerprint density at radius 2 is 2.40 bits per heavy atom. The van der Waals surface area contributed by atoms with Crippen LogP contribution in [0.15, 0.2) is 16.6 Å². The van der Waals surface area contributed by atoms with Gasteiger partial charge in [-0.3, -0.25) is 5.10 Å². The molecule has 10 heavy (non-hydrogen) atoms. The highest BCUT2D eigenvalue weighted by Gasteiger charge is 1.98. The van der Waals surface area contributed by atoms with Gasteiger partial charge in [-0.15, -0.1) is 5.10 Å². The summed E-state index contributed by atoms with van der Waals surface area (Å²) in [4.78, 5) is 5.09. The van der Waals surface area contributed by atoms with Crippen molar-refractivity contribution in [3.8, 4) is 0 Å². The van der Waals surface area contributed by atoms with Crippen LogP contribution in [0.25, 0.3) is 0 Å². The van der Waals surface area contributed by atoms with Crippen molar-refractivity contribution >= 4 is 11.8 Å². The van der Waals surface area contributed by atoms with E-state index in [1.165, 1.54) is 11.8 Å². The first kappa shape index (κ1) is 7.34. The van der Waals surface area contributed by atoms with Crippen LogP contribution in [0.4, 0.5) is 0 Å². The number of nitrogens with zero attached hydrogens (tertiary/aromatic N) is 2. The van der Waals surface area contributed by atoms with Crippen molar-refractivity contribution in [2.45, 2.75) is 19.0 Å². The van der Waals surface area contributed by atoms with E-state index in [9.17, 15) is 0 Å². The number of aryl methyl sites for hydroxylation is 1. The van der Waals surface area contributed by atoms with Gasteiger partial charge >= 0.3 is 0 Å². The molecule has 1 N–H and O–H groups in total. The Kier molecular flexibility index (Phi) is 2.11. The van der Waals surface area contributed by atoms with Crippen molar-refractivity contribution in [2.75, 3.05) is 0 Å². The van der Waals surface area contributed by atoms with Gasteiger partial charge in [-0.25, -0.2) is 4.98 Å². The smallest absolute Gasteiger partial charge is 0.212 e. The predicted octanol–water partition coefficient (Wildman–Crippen LogP) is 1.74. The number of H-pyrrole nitrogens is 1. The summed E-state index contributed by atoms with van der Waals surface area (Å²) in [7, 11) is 0. The van der Waals surface area contributed by atoms with Gasteiger partial charge in [0.2, 0.25) is 5.16 Å². The minimum Gasteiger partial charge on any atom is -0.262 e. The fraction of sp³-hybridized carbons (Fsp3) is 0.333. The van der Waals surface area contributed by atoms with Crippen molar-refractivity contribution in [3.05, 3.63) is 17.3 Å². The molecular weight excluding hydrogens is 146 g/mol. The Morgan fingerprint density at radius 3 is 2.80 bits per heavy atom. The van der Waals surface area contributed by atoms with Crippen LogP contribution in [-0.2, 0) is 0 Å². The Labute approximate surface area is 63.9 Å². The van der Waals surface area contributed by atoms with Crippen LogP contribution in [-0.4, -0.2) is 15.2 Å². The van der Waals surface area contributed by atoms with E-state index in [-0.39, 0.29) is 0 Å². The fourth-order valence-electron chi connectivity index (χ4n) is 0.524. The Balaban J connectivity index is 2.67. The van der Waals surface area contributed by atoms with E-state index in [4.69, 9.17) is 0 Å². The van der Waals surface area contributed by atoms with Crippen LogP contribution in [0.5, 0.6) is 0 Å². The first-order valence-electron chi connectivity index (χ1n) is 2.91. The molecule has 0 atom stereocenters. The molecule has 54 valence electrons. The molecule has 0 spiro atoms. The highest BCUT2D eigenvalue weighted by molar-refractivity contribution is 8.02. The van der Waals surface area contributed by atoms with Crippen molar-refractivity contribution in [1.29, 1.82) is 0 Å². The third-order valence-corrected chi connectivity index (χ3v) is 1.56. The molecule has 0 unspecified atom stereocenters. The number of thioether (sulfide) groups is 1. The third kappa shape index (κ3) is 1.88. The lowest BCUT2D eigenvalue weighted by molar-refractivity contribution is 0.972. The topological polar surface area (TPSA) is 41.6 Å². The summed E-state index contributed by atoms with van der Waals surface area (Å²) in [5.74, 6) is 0.837. The zero-order chi connectivity index (χ0) is 7.56. The standard InChI is InChI=1S/C6H9N3S/c1-4(2)10-6-7-5(3)8-9-6/h1H2,2-3H3,(H,7,8,9). The second-order valence-corrected chi connectivity index (χ2v) is 3.27. The number of rotatable bonds is 2. The van der Waals surface area contributed by atoms with Gasteiger partial charge < -0.3 is 0 Å². The molecule has 1 aromatic heterocycles. The van der Waals surface area contributed by atoms with E-state index >= 15 is 0 Å². The van der Waals surface area contributed by atoms with Gasteiger partial charge in [-0.1, -0.05) is 18.3 Å². The molecule has 0 bridgehead atoms. The number of aromatic amines is 1. The minimum absolute atomic E-state index is 0.741. The summed E-state index contributed by atoms with van der Waals surface area (Å²) in [6, 6.07) is 0. The molecule has 1 heterocycles. The molecule has 0 fully saturated rings. The molecule has 1 rings (SSSR count). The molecule has 0 radical (unpaired) electrons. The second-order valence-electron chi connectivity index (χ2n) is 2.01. The SMILES string of the molecule is C=C(C)Sc1n[nH]c(C)n1. The molecule has 1 aromatic rings. The maximum Gasteiger partial charge on any atom is 0.212 e. The number of aromatic nitrogens is 3. The van der Waals surface area contributed by atoms with E-state index < -0.39 is 0 Å². The number of nitrogens with one attached hydrogen (secondary N) is 1. The number of allylic oxidation sites excluding steroid dienone is 1. The lowest BCUT2D eigenvalue weighted by Gasteiger charge is -1.88. The summed E-state index contributed by atoms with van der Waals surface area (Å²) in [6.45, 7) is 7.53. The van der Waals surface area contributed by atoms with Gasteiger partial charge in [0.25, 0.3) is 0 Å². The molecule has 0 aliphatic rings. The van der Waals surface area contributed by atoms with Crippen molar-refractivity contribution < 1.29 is 0 Å². The molecule has 0 saturated carbocycles. The van der Waals surface area contributed by atoms with Crippen molar-refractivity contribution in [3.63, 3.8) is 0 Å². The predicted molar refractivity (Wildman–Crippen MR) is 41.8 cm³/mol.